The van der Waals surface area contributed by atoms with Crippen LogP contribution in [0.25, 0.3) is 0 Å². The summed E-state index contributed by atoms with van der Waals surface area (Å²) in [6.45, 7) is 2.05. The number of carbonyl (C=O) groups excluding carboxylic acids is 2. The van der Waals surface area contributed by atoms with Gasteiger partial charge in [-0.15, -0.1) is 0 Å². The van der Waals surface area contributed by atoms with Gasteiger partial charge in [0.25, 0.3) is 5.91 Å². The second-order valence-corrected chi connectivity index (χ2v) is 11.1. The molecule has 0 aliphatic carbocycles. The second kappa shape index (κ2) is 9.01. The molecule has 2 saturated heterocycles. The number of anilines is 1. The molecule has 3 heterocycles. The van der Waals surface area contributed by atoms with E-state index in [1.807, 2.05) is 0 Å². The summed E-state index contributed by atoms with van der Waals surface area (Å²) in [7, 11) is -3.74. The number of piperazine rings is 1. The van der Waals surface area contributed by atoms with Crippen molar-refractivity contribution in [2.45, 2.75) is 17.4 Å². The summed E-state index contributed by atoms with van der Waals surface area (Å²) in [5.41, 5.74) is 0.342. The molecule has 2 fully saturated rings. The number of ether oxygens (including phenoxy) is 2. The smallest absolute Gasteiger partial charge is 0.292 e. The lowest BCUT2D eigenvalue weighted by Gasteiger charge is -2.33. The maximum Gasteiger partial charge on any atom is 0.292 e. The van der Waals surface area contributed by atoms with Crippen molar-refractivity contribution in [1.82, 2.24) is 4.31 Å². The van der Waals surface area contributed by atoms with Gasteiger partial charge >= 0.3 is 0 Å². The van der Waals surface area contributed by atoms with Crippen molar-refractivity contribution in [3.8, 4) is 11.5 Å². The van der Waals surface area contributed by atoms with Crippen molar-refractivity contribution in [1.29, 1.82) is 0 Å². The van der Waals surface area contributed by atoms with Crippen LogP contribution in [0.2, 0.25) is 10.0 Å². The quantitative estimate of drug-likeness (QED) is 0.596. The van der Waals surface area contributed by atoms with Crippen LogP contribution in [0, 0.1) is 0 Å². The molecule has 0 radical (unpaired) electrons. The SMILES string of the molecule is O=C1C[C@@H]([NH+]2CCN(S(=O)(=O)c3ccc4c(c3)OCCO4)CC2)C(=O)N1c1cc(Cl)cc(Cl)c1. The maximum atomic E-state index is 13.2. The Morgan fingerprint density at radius 3 is 2.24 bits per heavy atom. The van der Waals surface area contributed by atoms with Gasteiger partial charge in [-0.3, -0.25) is 9.59 Å². The van der Waals surface area contributed by atoms with Gasteiger partial charge in [0.1, 0.15) is 13.2 Å². The Kier molecular flexibility index (Phi) is 6.19. The fraction of sp³-hybridized carbons (Fsp3) is 0.364. The molecule has 34 heavy (non-hydrogen) atoms. The van der Waals surface area contributed by atoms with E-state index >= 15 is 0 Å². The minimum atomic E-state index is -3.74. The molecule has 180 valence electrons. The van der Waals surface area contributed by atoms with Crippen LogP contribution in [-0.2, 0) is 19.6 Å². The molecule has 2 amide bonds. The van der Waals surface area contributed by atoms with Crippen molar-refractivity contribution >= 4 is 50.7 Å². The lowest BCUT2D eigenvalue weighted by Crippen LogP contribution is -3.19. The van der Waals surface area contributed by atoms with Crippen LogP contribution in [0.3, 0.4) is 0 Å². The van der Waals surface area contributed by atoms with E-state index in [4.69, 9.17) is 32.7 Å². The average Bonchev–Trinajstić information content (AvgIpc) is 3.12. The molecule has 0 saturated carbocycles. The van der Waals surface area contributed by atoms with E-state index in [0.717, 1.165) is 9.80 Å². The number of carbonyl (C=O) groups is 2. The molecule has 9 nitrogen and oxygen atoms in total. The fourth-order valence-electron chi connectivity index (χ4n) is 4.59. The van der Waals surface area contributed by atoms with E-state index in [-0.39, 0.29) is 36.2 Å². The summed E-state index contributed by atoms with van der Waals surface area (Å²) in [6, 6.07) is 8.59. The third-order valence-electron chi connectivity index (χ3n) is 6.26. The van der Waals surface area contributed by atoms with Crippen molar-refractivity contribution in [2.24, 2.45) is 0 Å². The predicted octanol–water partition coefficient (Wildman–Crippen LogP) is 0.986. The van der Waals surface area contributed by atoms with Gasteiger partial charge in [0.2, 0.25) is 15.9 Å². The number of quaternary nitrogens is 1. The molecular weight excluding hydrogens is 505 g/mol. The highest BCUT2D eigenvalue weighted by molar-refractivity contribution is 7.89. The summed E-state index contributed by atoms with van der Waals surface area (Å²) >= 11 is 12.1. The Morgan fingerprint density at radius 1 is 0.912 bits per heavy atom. The number of imide groups is 1. The van der Waals surface area contributed by atoms with Crippen molar-refractivity contribution in [2.75, 3.05) is 44.3 Å². The van der Waals surface area contributed by atoms with Crippen LogP contribution in [0.1, 0.15) is 6.42 Å². The number of rotatable bonds is 4. The van der Waals surface area contributed by atoms with Crippen molar-refractivity contribution < 1.29 is 32.4 Å². The van der Waals surface area contributed by atoms with Crippen LogP contribution < -0.4 is 19.3 Å². The van der Waals surface area contributed by atoms with Crippen LogP contribution in [0.4, 0.5) is 5.69 Å². The van der Waals surface area contributed by atoms with E-state index in [1.54, 1.807) is 6.07 Å². The van der Waals surface area contributed by atoms with E-state index in [1.165, 1.54) is 34.6 Å². The number of nitrogens with zero attached hydrogens (tertiary/aromatic N) is 2. The average molecular weight is 527 g/mol. The van der Waals surface area contributed by atoms with Gasteiger partial charge in [-0.1, -0.05) is 23.2 Å². The first-order valence-electron chi connectivity index (χ1n) is 10.8. The lowest BCUT2D eigenvalue weighted by atomic mass is 10.2. The normalized spacial score (nSPS) is 21.8. The fourth-order valence-corrected chi connectivity index (χ4v) is 6.56. The first-order chi connectivity index (χ1) is 16.2. The van der Waals surface area contributed by atoms with E-state index in [0.29, 0.717) is 53.5 Å². The molecule has 1 N–H and O–H groups in total. The standard InChI is InChI=1S/C22H21Cl2N3O6S/c23-14-9-15(24)11-16(10-14)27-21(28)13-18(22(27)29)25-3-5-26(6-4-25)34(30,31)17-1-2-19-20(12-17)33-8-7-32-19/h1-2,9-12,18H,3-8,13H2/p+1/t18-/m1/s1. The van der Waals surface area contributed by atoms with Crippen LogP contribution in [0.5, 0.6) is 11.5 Å². The summed E-state index contributed by atoms with van der Waals surface area (Å²) in [4.78, 5) is 27.9. The van der Waals surface area contributed by atoms with Crippen LogP contribution in [-0.4, -0.2) is 70.0 Å². The topological polar surface area (TPSA) is 97.7 Å². The van der Waals surface area contributed by atoms with Gasteiger partial charge in [-0.05, 0) is 30.3 Å². The van der Waals surface area contributed by atoms with Gasteiger partial charge in [0.15, 0.2) is 17.5 Å². The van der Waals surface area contributed by atoms with Gasteiger partial charge in [-0.2, -0.15) is 4.31 Å². The molecule has 0 unspecified atom stereocenters. The first-order valence-corrected chi connectivity index (χ1v) is 13.0. The molecule has 3 aliphatic rings. The maximum absolute atomic E-state index is 13.2. The highest BCUT2D eigenvalue weighted by Crippen LogP contribution is 2.33. The molecule has 2 aromatic carbocycles. The molecule has 3 aliphatic heterocycles. The van der Waals surface area contributed by atoms with Crippen molar-refractivity contribution in [3.63, 3.8) is 0 Å². The zero-order chi connectivity index (χ0) is 24.0. The largest absolute Gasteiger partial charge is 0.486 e. The molecular formula is C22H22Cl2N3O6S+. The Bertz CT molecular complexity index is 1240. The second-order valence-electron chi connectivity index (χ2n) is 8.32. The number of amides is 2. The zero-order valence-electron chi connectivity index (χ0n) is 18.0. The molecule has 1 atom stereocenters. The first kappa shape index (κ1) is 23.4. The number of benzene rings is 2. The summed E-state index contributed by atoms with van der Waals surface area (Å²) in [6.07, 6.45) is 0.0488. The molecule has 5 rings (SSSR count). The third kappa shape index (κ3) is 4.25. The number of hydrogen-bond acceptors (Lipinski definition) is 6. The van der Waals surface area contributed by atoms with Gasteiger partial charge in [0, 0.05) is 16.1 Å². The van der Waals surface area contributed by atoms with Gasteiger partial charge in [0.05, 0.1) is 43.2 Å². The molecule has 12 heteroatoms. The van der Waals surface area contributed by atoms with E-state index in [2.05, 4.69) is 0 Å². The third-order valence-corrected chi connectivity index (χ3v) is 8.59. The summed E-state index contributed by atoms with van der Waals surface area (Å²) < 4.78 is 38.7. The van der Waals surface area contributed by atoms with Crippen LogP contribution in [0.15, 0.2) is 41.3 Å². The zero-order valence-corrected chi connectivity index (χ0v) is 20.3. The number of nitrogens with one attached hydrogen (secondary N) is 1. The monoisotopic (exact) mass is 526 g/mol. The lowest BCUT2D eigenvalue weighted by molar-refractivity contribution is -0.918. The Labute approximate surface area is 206 Å². The van der Waals surface area contributed by atoms with E-state index < -0.39 is 16.1 Å². The van der Waals surface area contributed by atoms with Crippen LogP contribution >= 0.6 is 23.2 Å². The van der Waals surface area contributed by atoms with Crippen molar-refractivity contribution in [3.05, 3.63) is 46.4 Å². The summed E-state index contributed by atoms with van der Waals surface area (Å²) in [5, 5.41) is 0.661. The highest BCUT2D eigenvalue weighted by atomic mass is 35.5. The molecule has 0 bridgehead atoms. The number of fused-ring (bicyclic) bond motifs is 1. The molecule has 2 aromatic rings. The summed E-state index contributed by atoms with van der Waals surface area (Å²) in [5.74, 6) is 0.274. The van der Waals surface area contributed by atoms with Gasteiger partial charge in [-0.25, -0.2) is 13.3 Å². The highest BCUT2D eigenvalue weighted by Gasteiger charge is 2.47. The molecule has 0 aromatic heterocycles. The van der Waals surface area contributed by atoms with Gasteiger partial charge < -0.3 is 14.4 Å². The Balaban J connectivity index is 1.28. The number of halogens is 2. The predicted molar refractivity (Wildman–Crippen MR) is 124 cm³/mol. The minimum absolute atomic E-state index is 0.0488. The minimum Gasteiger partial charge on any atom is -0.486 e. The molecule has 0 spiro atoms. The van der Waals surface area contributed by atoms with E-state index in [9.17, 15) is 18.0 Å². The number of sulfonamides is 1. The number of hydrogen-bond donors (Lipinski definition) is 1. The Morgan fingerprint density at radius 2 is 1.56 bits per heavy atom. The Hall–Kier alpha value is -2.37.